The molecular formula is C23H30F2N6O2. The molecular weight excluding hydrogens is 430 g/mol. The number of aromatic amines is 1. The van der Waals surface area contributed by atoms with E-state index in [-0.39, 0.29) is 37.9 Å². The molecule has 1 aromatic heterocycles. The number of fused-ring (bicyclic) bond motifs is 2. The van der Waals surface area contributed by atoms with Crippen LogP contribution < -0.4 is 5.32 Å². The van der Waals surface area contributed by atoms with Crippen LogP contribution in [-0.4, -0.2) is 68.6 Å². The number of aromatic nitrogens is 2. The van der Waals surface area contributed by atoms with Crippen molar-refractivity contribution in [2.75, 3.05) is 25.0 Å². The van der Waals surface area contributed by atoms with Crippen molar-refractivity contribution in [3.05, 3.63) is 46.7 Å². The highest BCUT2D eigenvalue weighted by molar-refractivity contribution is 6.04. The number of benzene rings is 1. The van der Waals surface area contributed by atoms with E-state index in [2.05, 4.69) is 27.3 Å². The van der Waals surface area contributed by atoms with E-state index in [1.54, 1.807) is 4.90 Å². The molecule has 2 N–H and O–H groups in total. The summed E-state index contributed by atoms with van der Waals surface area (Å²) in [5.41, 5.74) is 1.02. The molecule has 0 saturated carbocycles. The summed E-state index contributed by atoms with van der Waals surface area (Å²) in [5, 5.41) is 9.60. The number of nitrogens with one attached hydrogen (secondary N) is 2. The van der Waals surface area contributed by atoms with Crippen LogP contribution in [0.2, 0.25) is 0 Å². The molecule has 2 saturated heterocycles. The summed E-state index contributed by atoms with van der Waals surface area (Å²) < 4.78 is 27.5. The lowest BCUT2D eigenvalue weighted by atomic mass is 10.1. The molecule has 3 amide bonds. The van der Waals surface area contributed by atoms with Crippen LogP contribution >= 0.6 is 0 Å². The maximum atomic E-state index is 14.0. The van der Waals surface area contributed by atoms with Gasteiger partial charge in [-0.25, -0.2) is 13.6 Å². The SMILES string of the molecule is C.CC1c2[nH]nc(NC(=O)c3cccc(F)c3F)c2CN1C(=O)N1C[C@@H]2CCCN2C[C@@H]1C. The van der Waals surface area contributed by atoms with E-state index >= 15 is 0 Å². The Hall–Kier alpha value is -3.01. The van der Waals surface area contributed by atoms with Crippen LogP contribution in [0.3, 0.4) is 0 Å². The number of carbonyl (C=O) groups excluding carboxylic acids is 2. The van der Waals surface area contributed by atoms with Crippen LogP contribution in [0.4, 0.5) is 19.4 Å². The van der Waals surface area contributed by atoms with Gasteiger partial charge in [0.1, 0.15) is 0 Å². The number of carbonyl (C=O) groups is 2. The number of rotatable bonds is 2. The zero-order valence-corrected chi connectivity index (χ0v) is 18.1. The average Bonchev–Trinajstić information content (AvgIpc) is 3.46. The number of nitrogens with zero attached hydrogens (tertiary/aromatic N) is 4. The highest BCUT2D eigenvalue weighted by atomic mass is 19.2. The summed E-state index contributed by atoms with van der Waals surface area (Å²) in [5.74, 6) is -2.86. The van der Waals surface area contributed by atoms with Gasteiger partial charge in [0.15, 0.2) is 17.5 Å². The average molecular weight is 461 g/mol. The van der Waals surface area contributed by atoms with Gasteiger partial charge in [-0.2, -0.15) is 5.10 Å². The van der Waals surface area contributed by atoms with E-state index in [0.717, 1.165) is 37.8 Å². The molecule has 10 heteroatoms. The maximum Gasteiger partial charge on any atom is 0.321 e. The summed E-state index contributed by atoms with van der Waals surface area (Å²) in [7, 11) is 0. The molecule has 4 heterocycles. The van der Waals surface area contributed by atoms with Crippen molar-refractivity contribution < 1.29 is 18.4 Å². The van der Waals surface area contributed by atoms with Gasteiger partial charge in [0.05, 0.1) is 23.8 Å². The third-order valence-electron chi connectivity index (χ3n) is 6.97. The number of anilines is 1. The molecule has 33 heavy (non-hydrogen) atoms. The fourth-order valence-corrected chi connectivity index (χ4v) is 5.16. The standard InChI is InChI=1S/C22H26F2N6O2.CH4/c1-12-9-28-8-4-5-14(28)10-29(12)22(32)30-11-16-19(13(30)2)26-27-20(16)25-21(31)15-6-3-7-17(23)18(15)24;/h3,6-7,12-14H,4-5,8-11H2,1-2H3,(H2,25,26,27,31);1H4/t12-,13?,14-;/m0./s1. The lowest BCUT2D eigenvalue weighted by Gasteiger charge is -2.44. The molecule has 1 aromatic carbocycles. The van der Waals surface area contributed by atoms with E-state index in [4.69, 9.17) is 0 Å². The normalized spacial score (nSPS) is 24.3. The highest BCUT2D eigenvalue weighted by Gasteiger charge is 2.42. The van der Waals surface area contributed by atoms with Crippen LogP contribution in [0.5, 0.6) is 0 Å². The molecule has 5 rings (SSSR count). The molecule has 3 atom stereocenters. The minimum atomic E-state index is -1.21. The molecule has 0 bridgehead atoms. The van der Waals surface area contributed by atoms with Crippen LogP contribution in [0.15, 0.2) is 18.2 Å². The van der Waals surface area contributed by atoms with Crippen molar-refractivity contribution in [2.45, 2.75) is 58.8 Å². The Kier molecular flexibility index (Phi) is 6.13. The smallest absolute Gasteiger partial charge is 0.319 e. The van der Waals surface area contributed by atoms with E-state index in [1.807, 2.05) is 11.8 Å². The van der Waals surface area contributed by atoms with Crippen LogP contribution in [0, 0.1) is 11.6 Å². The molecule has 0 spiro atoms. The number of urea groups is 1. The van der Waals surface area contributed by atoms with Gasteiger partial charge < -0.3 is 15.1 Å². The Morgan fingerprint density at radius 3 is 2.76 bits per heavy atom. The Morgan fingerprint density at radius 1 is 1.18 bits per heavy atom. The van der Waals surface area contributed by atoms with E-state index in [0.29, 0.717) is 11.6 Å². The van der Waals surface area contributed by atoms with Gasteiger partial charge in [0.2, 0.25) is 0 Å². The predicted octanol–water partition coefficient (Wildman–Crippen LogP) is 3.74. The Morgan fingerprint density at radius 2 is 1.97 bits per heavy atom. The van der Waals surface area contributed by atoms with Crippen molar-refractivity contribution in [1.29, 1.82) is 0 Å². The zero-order chi connectivity index (χ0) is 22.6. The van der Waals surface area contributed by atoms with Crippen molar-refractivity contribution in [1.82, 2.24) is 24.9 Å². The first kappa shape index (κ1) is 23.2. The van der Waals surface area contributed by atoms with Gasteiger partial charge in [0, 0.05) is 30.7 Å². The van der Waals surface area contributed by atoms with E-state index < -0.39 is 23.1 Å². The largest absolute Gasteiger partial charge is 0.321 e. The molecule has 0 radical (unpaired) electrons. The summed E-state index contributed by atoms with van der Waals surface area (Å²) >= 11 is 0. The maximum absolute atomic E-state index is 14.0. The second kappa shape index (κ2) is 8.74. The zero-order valence-electron chi connectivity index (χ0n) is 18.1. The number of hydrogen-bond acceptors (Lipinski definition) is 4. The second-order valence-corrected chi connectivity index (χ2v) is 8.90. The summed E-state index contributed by atoms with van der Waals surface area (Å²) in [6, 6.07) is 3.71. The number of piperazine rings is 1. The van der Waals surface area contributed by atoms with Crippen molar-refractivity contribution in [3.63, 3.8) is 0 Å². The lowest BCUT2D eigenvalue weighted by Crippen LogP contribution is -2.59. The lowest BCUT2D eigenvalue weighted by molar-refractivity contribution is 0.0580. The molecule has 3 aliphatic heterocycles. The molecule has 3 aliphatic rings. The Labute approximate surface area is 191 Å². The van der Waals surface area contributed by atoms with Gasteiger partial charge in [-0.3, -0.25) is 14.8 Å². The predicted molar refractivity (Wildman–Crippen MR) is 120 cm³/mol. The Balaban J connectivity index is 0.00000259. The van der Waals surface area contributed by atoms with Crippen molar-refractivity contribution in [2.24, 2.45) is 0 Å². The minimum absolute atomic E-state index is 0. The molecule has 1 unspecified atom stereocenters. The topological polar surface area (TPSA) is 84.6 Å². The van der Waals surface area contributed by atoms with Gasteiger partial charge in [-0.05, 0) is 45.4 Å². The monoisotopic (exact) mass is 460 g/mol. The van der Waals surface area contributed by atoms with Crippen molar-refractivity contribution in [3.8, 4) is 0 Å². The van der Waals surface area contributed by atoms with Gasteiger partial charge in [-0.15, -0.1) is 0 Å². The third kappa shape index (κ3) is 3.86. The summed E-state index contributed by atoms with van der Waals surface area (Å²) in [6.45, 7) is 6.97. The first-order valence-corrected chi connectivity index (χ1v) is 11.0. The summed E-state index contributed by atoms with van der Waals surface area (Å²) in [6.07, 6.45) is 2.28. The first-order valence-electron chi connectivity index (χ1n) is 11.0. The van der Waals surface area contributed by atoms with Crippen LogP contribution in [0.25, 0.3) is 0 Å². The summed E-state index contributed by atoms with van der Waals surface area (Å²) in [4.78, 5) is 32.1. The number of amides is 3. The molecule has 178 valence electrons. The van der Waals surface area contributed by atoms with Gasteiger partial charge in [0.25, 0.3) is 5.91 Å². The number of hydrogen-bond donors (Lipinski definition) is 2. The molecule has 2 fully saturated rings. The Bertz CT molecular complexity index is 1070. The van der Waals surface area contributed by atoms with Gasteiger partial charge in [-0.1, -0.05) is 13.5 Å². The first-order chi connectivity index (χ1) is 15.3. The number of H-pyrrole nitrogens is 1. The molecule has 8 nitrogen and oxygen atoms in total. The van der Waals surface area contributed by atoms with Gasteiger partial charge >= 0.3 is 6.03 Å². The highest BCUT2D eigenvalue weighted by Crippen LogP contribution is 2.37. The number of halogens is 2. The van der Waals surface area contributed by atoms with Crippen LogP contribution in [0.1, 0.15) is 61.8 Å². The van der Waals surface area contributed by atoms with E-state index in [1.165, 1.54) is 18.6 Å². The fourth-order valence-electron chi connectivity index (χ4n) is 5.16. The minimum Gasteiger partial charge on any atom is -0.319 e. The third-order valence-corrected chi connectivity index (χ3v) is 6.97. The van der Waals surface area contributed by atoms with Crippen molar-refractivity contribution >= 4 is 17.8 Å². The molecule has 0 aliphatic carbocycles. The second-order valence-electron chi connectivity index (χ2n) is 8.90. The molecule has 2 aromatic rings. The van der Waals surface area contributed by atoms with E-state index in [9.17, 15) is 18.4 Å². The fraction of sp³-hybridized carbons (Fsp3) is 0.522. The quantitative estimate of drug-likeness (QED) is 0.715. The van der Waals surface area contributed by atoms with Crippen LogP contribution in [-0.2, 0) is 6.54 Å².